The zero-order valence-electron chi connectivity index (χ0n) is 13.6. The van der Waals surface area contributed by atoms with E-state index in [1.165, 1.54) is 22.6 Å². The summed E-state index contributed by atoms with van der Waals surface area (Å²) in [4.78, 5) is 2.18. The molecular formula is C19H22FNOS. The van der Waals surface area contributed by atoms with Crippen molar-refractivity contribution in [2.75, 3.05) is 0 Å². The van der Waals surface area contributed by atoms with Crippen LogP contribution < -0.4 is 5.73 Å². The molecule has 122 valence electrons. The average molecular weight is 331 g/mol. The molecule has 23 heavy (non-hydrogen) atoms. The van der Waals surface area contributed by atoms with Gasteiger partial charge in [0.1, 0.15) is 11.6 Å². The van der Waals surface area contributed by atoms with E-state index in [2.05, 4.69) is 20.4 Å². The Balaban J connectivity index is 2.19. The van der Waals surface area contributed by atoms with E-state index in [-0.39, 0.29) is 23.5 Å². The third kappa shape index (κ3) is 3.06. The highest BCUT2D eigenvalue weighted by Crippen LogP contribution is 2.46. The SMILES string of the molecule is C=C(O)c1c(-c2cc(F)cc(CN)c2)sc2c1CC(C)(C)CC2. The van der Waals surface area contributed by atoms with Gasteiger partial charge in [0.2, 0.25) is 0 Å². The van der Waals surface area contributed by atoms with Gasteiger partial charge in [0, 0.05) is 21.9 Å². The molecule has 0 amide bonds. The lowest BCUT2D eigenvalue weighted by atomic mass is 9.75. The summed E-state index contributed by atoms with van der Waals surface area (Å²) in [5, 5.41) is 10.2. The van der Waals surface area contributed by atoms with Crippen LogP contribution in [0.4, 0.5) is 4.39 Å². The van der Waals surface area contributed by atoms with Gasteiger partial charge in [-0.25, -0.2) is 4.39 Å². The summed E-state index contributed by atoms with van der Waals surface area (Å²) in [6, 6.07) is 4.86. The van der Waals surface area contributed by atoms with Gasteiger partial charge < -0.3 is 10.8 Å². The van der Waals surface area contributed by atoms with E-state index in [4.69, 9.17) is 5.73 Å². The fourth-order valence-corrected chi connectivity index (χ4v) is 4.65. The molecule has 0 radical (unpaired) electrons. The predicted molar refractivity (Wildman–Crippen MR) is 95.1 cm³/mol. The molecule has 0 unspecified atom stereocenters. The molecule has 1 aliphatic carbocycles. The van der Waals surface area contributed by atoms with Crippen molar-refractivity contribution in [3.63, 3.8) is 0 Å². The minimum absolute atomic E-state index is 0.0637. The zero-order chi connectivity index (χ0) is 16.8. The standard InChI is InChI=1S/C19H22FNOS/c1-11(22)17-15-9-19(2,3)5-4-16(15)23-18(17)13-6-12(10-21)7-14(20)8-13/h6-8,22H,1,4-5,9-10,21H2,2-3H3. The number of hydrogen-bond acceptors (Lipinski definition) is 3. The minimum Gasteiger partial charge on any atom is -0.508 e. The van der Waals surface area contributed by atoms with Gasteiger partial charge in [-0.1, -0.05) is 20.4 Å². The molecule has 0 aliphatic heterocycles. The Morgan fingerprint density at radius 2 is 2.13 bits per heavy atom. The van der Waals surface area contributed by atoms with Crippen LogP contribution in [0.1, 0.15) is 41.8 Å². The summed E-state index contributed by atoms with van der Waals surface area (Å²) in [6.07, 6.45) is 3.02. The molecule has 0 bridgehead atoms. The van der Waals surface area contributed by atoms with Crippen LogP contribution in [-0.4, -0.2) is 5.11 Å². The molecule has 0 atom stereocenters. The van der Waals surface area contributed by atoms with Gasteiger partial charge in [-0.05, 0) is 59.6 Å². The molecule has 0 saturated carbocycles. The molecule has 0 fully saturated rings. The lowest BCUT2D eigenvalue weighted by molar-refractivity contribution is 0.317. The lowest BCUT2D eigenvalue weighted by Gasteiger charge is -2.30. The zero-order valence-corrected chi connectivity index (χ0v) is 14.4. The quantitative estimate of drug-likeness (QED) is 0.773. The predicted octanol–water partition coefficient (Wildman–Crippen LogP) is 5.06. The Kier molecular flexibility index (Phi) is 4.07. The first-order valence-corrected chi connectivity index (χ1v) is 8.65. The topological polar surface area (TPSA) is 46.2 Å². The van der Waals surface area contributed by atoms with E-state index in [1.807, 2.05) is 6.07 Å². The number of nitrogens with two attached hydrogens (primary N) is 1. The highest BCUT2D eigenvalue weighted by molar-refractivity contribution is 7.16. The van der Waals surface area contributed by atoms with Gasteiger partial charge in [0.25, 0.3) is 0 Å². The average Bonchev–Trinajstić information content (AvgIpc) is 2.83. The van der Waals surface area contributed by atoms with E-state index in [9.17, 15) is 9.50 Å². The van der Waals surface area contributed by atoms with Gasteiger partial charge in [-0.3, -0.25) is 0 Å². The van der Waals surface area contributed by atoms with Crippen LogP contribution in [0.25, 0.3) is 16.2 Å². The smallest absolute Gasteiger partial charge is 0.124 e. The molecule has 2 aromatic rings. The molecule has 1 heterocycles. The monoisotopic (exact) mass is 331 g/mol. The molecule has 2 nitrogen and oxygen atoms in total. The summed E-state index contributed by atoms with van der Waals surface area (Å²) >= 11 is 1.64. The van der Waals surface area contributed by atoms with Crippen LogP contribution in [0.5, 0.6) is 0 Å². The van der Waals surface area contributed by atoms with Crippen molar-refractivity contribution >= 4 is 17.1 Å². The van der Waals surface area contributed by atoms with E-state index in [1.54, 1.807) is 11.3 Å². The minimum atomic E-state index is -0.302. The van der Waals surface area contributed by atoms with Crippen molar-refractivity contribution in [2.45, 2.75) is 39.7 Å². The van der Waals surface area contributed by atoms with Gasteiger partial charge >= 0.3 is 0 Å². The first kappa shape index (κ1) is 16.2. The molecule has 4 heteroatoms. The van der Waals surface area contributed by atoms with Crippen LogP contribution in [0.2, 0.25) is 0 Å². The number of hydrogen-bond donors (Lipinski definition) is 2. The van der Waals surface area contributed by atoms with Crippen LogP contribution in [0, 0.1) is 11.2 Å². The molecule has 3 rings (SSSR count). The van der Waals surface area contributed by atoms with Gasteiger partial charge in [-0.2, -0.15) is 0 Å². The number of halogens is 1. The molecule has 1 aromatic heterocycles. The highest BCUT2D eigenvalue weighted by Gasteiger charge is 2.31. The molecule has 0 spiro atoms. The molecule has 1 aliphatic rings. The normalized spacial score (nSPS) is 16.2. The van der Waals surface area contributed by atoms with Crippen molar-refractivity contribution in [1.82, 2.24) is 0 Å². The number of benzene rings is 1. The Labute approximate surface area is 140 Å². The highest BCUT2D eigenvalue weighted by atomic mass is 32.1. The maximum Gasteiger partial charge on any atom is 0.124 e. The summed E-state index contributed by atoms with van der Waals surface area (Å²) in [5.74, 6) is -0.238. The fraction of sp³-hybridized carbons (Fsp3) is 0.368. The van der Waals surface area contributed by atoms with Gasteiger partial charge in [0.15, 0.2) is 0 Å². The van der Waals surface area contributed by atoms with Crippen LogP contribution in [0.15, 0.2) is 24.8 Å². The largest absolute Gasteiger partial charge is 0.508 e. The number of thiophene rings is 1. The third-order valence-electron chi connectivity index (χ3n) is 4.52. The maximum absolute atomic E-state index is 13.9. The van der Waals surface area contributed by atoms with E-state index in [0.717, 1.165) is 40.8 Å². The van der Waals surface area contributed by atoms with Crippen molar-refractivity contribution in [2.24, 2.45) is 11.1 Å². The number of aliphatic hydroxyl groups excluding tert-OH is 1. The Hall–Kier alpha value is -1.65. The Morgan fingerprint density at radius 1 is 1.39 bits per heavy atom. The van der Waals surface area contributed by atoms with E-state index < -0.39 is 0 Å². The number of aryl methyl sites for hydroxylation is 1. The molecule has 1 aromatic carbocycles. The number of rotatable bonds is 3. The maximum atomic E-state index is 13.9. The summed E-state index contributed by atoms with van der Waals surface area (Å²) < 4.78 is 13.9. The second-order valence-corrected chi connectivity index (χ2v) is 8.15. The summed E-state index contributed by atoms with van der Waals surface area (Å²) in [6.45, 7) is 8.52. The number of fused-ring (bicyclic) bond motifs is 1. The Bertz CT molecular complexity index is 776. The Morgan fingerprint density at radius 3 is 2.78 bits per heavy atom. The molecule has 3 N–H and O–H groups in total. The second kappa shape index (κ2) is 5.77. The first-order chi connectivity index (χ1) is 10.8. The fourth-order valence-electron chi connectivity index (χ4n) is 3.33. The van der Waals surface area contributed by atoms with E-state index >= 15 is 0 Å². The van der Waals surface area contributed by atoms with Crippen LogP contribution in [0.3, 0.4) is 0 Å². The van der Waals surface area contributed by atoms with Crippen molar-refractivity contribution in [3.05, 3.63) is 52.2 Å². The molecular weight excluding hydrogens is 309 g/mol. The van der Waals surface area contributed by atoms with E-state index in [0.29, 0.717) is 0 Å². The first-order valence-electron chi connectivity index (χ1n) is 7.83. The summed E-state index contributed by atoms with van der Waals surface area (Å²) in [5.41, 5.74) is 9.35. The second-order valence-electron chi connectivity index (χ2n) is 7.05. The molecule has 0 saturated heterocycles. The lowest BCUT2D eigenvalue weighted by Crippen LogP contribution is -2.21. The summed E-state index contributed by atoms with van der Waals surface area (Å²) in [7, 11) is 0. The van der Waals surface area contributed by atoms with Crippen molar-refractivity contribution in [3.8, 4) is 10.4 Å². The van der Waals surface area contributed by atoms with Crippen molar-refractivity contribution in [1.29, 1.82) is 0 Å². The van der Waals surface area contributed by atoms with Crippen LogP contribution >= 0.6 is 11.3 Å². The van der Waals surface area contributed by atoms with Gasteiger partial charge in [-0.15, -0.1) is 11.3 Å². The number of aliphatic hydroxyl groups is 1. The third-order valence-corrected chi connectivity index (χ3v) is 5.86. The van der Waals surface area contributed by atoms with Crippen molar-refractivity contribution < 1.29 is 9.50 Å². The van der Waals surface area contributed by atoms with Crippen LogP contribution in [-0.2, 0) is 19.4 Å². The van der Waals surface area contributed by atoms with Gasteiger partial charge in [0.05, 0.1) is 0 Å².